The van der Waals surface area contributed by atoms with Crippen LogP contribution in [0.15, 0.2) is 122 Å². The van der Waals surface area contributed by atoms with Gasteiger partial charge < -0.3 is 4.74 Å². The van der Waals surface area contributed by atoms with Crippen LogP contribution >= 0.6 is 0 Å². The molecule has 234 valence electrons. The standard InChI is InChI=1S/C38H30F3N5O/c1-37(2,24-42)29-15-17-30(18-16-29)46(34-13-7-6-11-28(34)23-47-22-26-9-4-3-5-10-26)36-31-19-14-27(21-33(31)44-25-45-36)35-32(38(39,40)41)12-8-20-43-35/h3-21,25H,22-23H2,1-2H3. The van der Waals surface area contributed by atoms with E-state index in [-0.39, 0.29) is 5.69 Å². The molecule has 0 spiro atoms. The maximum absolute atomic E-state index is 13.8. The number of pyridine rings is 1. The van der Waals surface area contributed by atoms with E-state index in [1.54, 1.807) is 18.2 Å². The monoisotopic (exact) mass is 629 g/mol. The average Bonchev–Trinajstić information content (AvgIpc) is 3.09. The summed E-state index contributed by atoms with van der Waals surface area (Å²) in [7, 11) is 0. The molecular formula is C38H30F3N5O. The fourth-order valence-electron chi connectivity index (χ4n) is 5.40. The van der Waals surface area contributed by atoms with Crippen LogP contribution in [0.4, 0.5) is 30.4 Å². The van der Waals surface area contributed by atoms with Crippen LogP contribution in [0.5, 0.6) is 0 Å². The van der Waals surface area contributed by atoms with Crippen molar-refractivity contribution < 1.29 is 17.9 Å². The highest BCUT2D eigenvalue weighted by molar-refractivity contribution is 5.97. The van der Waals surface area contributed by atoms with Crippen LogP contribution in [0, 0.1) is 11.3 Å². The molecule has 0 fully saturated rings. The lowest BCUT2D eigenvalue weighted by atomic mass is 9.86. The third-order valence-electron chi connectivity index (χ3n) is 7.94. The molecule has 47 heavy (non-hydrogen) atoms. The number of alkyl halides is 3. The van der Waals surface area contributed by atoms with Crippen molar-refractivity contribution in [2.45, 2.75) is 38.7 Å². The summed E-state index contributed by atoms with van der Waals surface area (Å²) >= 11 is 0. The van der Waals surface area contributed by atoms with E-state index in [1.807, 2.05) is 97.6 Å². The van der Waals surface area contributed by atoms with Gasteiger partial charge in [0.25, 0.3) is 0 Å². The van der Waals surface area contributed by atoms with Crippen molar-refractivity contribution in [3.05, 3.63) is 144 Å². The molecule has 0 aliphatic carbocycles. The molecular weight excluding hydrogens is 599 g/mol. The average molecular weight is 630 g/mol. The highest BCUT2D eigenvalue weighted by atomic mass is 19.4. The molecule has 0 aliphatic rings. The number of aromatic nitrogens is 3. The van der Waals surface area contributed by atoms with Crippen LogP contribution in [-0.2, 0) is 29.5 Å². The van der Waals surface area contributed by atoms with Gasteiger partial charge in [0, 0.05) is 28.4 Å². The molecule has 2 aromatic heterocycles. The highest BCUT2D eigenvalue weighted by Crippen LogP contribution is 2.41. The van der Waals surface area contributed by atoms with Gasteiger partial charge in [0.2, 0.25) is 0 Å². The van der Waals surface area contributed by atoms with Crippen molar-refractivity contribution >= 4 is 28.1 Å². The Bertz CT molecular complexity index is 2060. The van der Waals surface area contributed by atoms with Crippen LogP contribution in [0.1, 0.15) is 36.1 Å². The molecule has 0 unspecified atom stereocenters. The second-order valence-corrected chi connectivity index (χ2v) is 11.6. The van der Waals surface area contributed by atoms with Gasteiger partial charge in [0.05, 0.1) is 47.2 Å². The Hall–Kier alpha value is -5.59. The Kier molecular flexibility index (Phi) is 8.70. The summed E-state index contributed by atoms with van der Waals surface area (Å²) in [5.41, 5.74) is 3.45. The Morgan fingerprint density at radius 1 is 0.787 bits per heavy atom. The first-order valence-corrected chi connectivity index (χ1v) is 14.9. The minimum atomic E-state index is -4.56. The number of hydrogen-bond donors (Lipinski definition) is 0. The van der Waals surface area contributed by atoms with Gasteiger partial charge in [-0.1, -0.05) is 66.7 Å². The summed E-state index contributed by atoms with van der Waals surface area (Å²) in [6.07, 6.45) is -1.82. The number of nitriles is 1. The molecule has 0 amide bonds. The van der Waals surface area contributed by atoms with Gasteiger partial charge in [0.1, 0.15) is 12.1 Å². The fraction of sp³-hybridized carbons (Fsp3) is 0.158. The Labute approximate surface area is 270 Å². The molecule has 6 nitrogen and oxygen atoms in total. The van der Waals surface area contributed by atoms with Crippen molar-refractivity contribution in [1.82, 2.24) is 15.0 Å². The zero-order valence-corrected chi connectivity index (χ0v) is 25.7. The van der Waals surface area contributed by atoms with E-state index in [0.717, 1.165) is 34.1 Å². The van der Waals surface area contributed by atoms with Gasteiger partial charge in [-0.2, -0.15) is 18.4 Å². The lowest BCUT2D eigenvalue weighted by molar-refractivity contribution is -0.137. The van der Waals surface area contributed by atoms with E-state index >= 15 is 0 Å². The minimum absolute atomic E-state index is 0.171. The Morgan fingerprint density at radius 3 is 2.28 bits per heavy atom. The first-order chi connectivity index (χ1) is 22.7. The van der Waals surface area contributed by atoms with Gasteiger partial charge >= 0.3 is 6.18 Å². The van der Waals surface area contributed by atoms with Gasteiger partial charge in [-0.25, -0.2) is 9.97 Å². The second kappa shape index (κ2) is 13.0. The van der Waals surface area contributed by atoms with E-state index in [0.29, 0.717) is 35.5 Å². The van der Waals surface area contributed by atoms with Gasteiger partial charge in [0.15, 0.2) is 0 Å². The molecule has 0 atom stereocenters. The molecule has 0 N–H and O–H groups in total. The van der Waals surface area contributed by atoms with Crippen molar-refractivity contribution in [3.63, 3.8) is 0 Å². The number of nitrogens with zero attached hydrogens (tertiary/aromatic N) is 5. The topological polar surface area (TPSA) is 74.9 Å². The van der Waals surface area contributed by atoms with Crippen molar-refractivity contribution in [3.8, 4) is 17.3 Å². The smallest absolute Gasteiger partial charge is 0.372 e. The number of halogens is 3. The summed E-state index contributed by atoms with van der Waals surface area (Å²) < 4.78 is 47.7. The van der Waals surface area contributed by atoms with E-state index < -0.39 is 17.2 Å². The maximum atomic E-state index is 13.8. The Morgan fingerprint density at radius 2 is 1.53 bits per heavy atom. The van der Waals surface area contributed by atoms with Crippen molar-refractivity contribution in [2.24, 2.45) is 0 Å². The second-order valence-electron chi connectivity index (χ2n) is 11.6. The van der Waals surface area contributed by atoms with Crippen molar-refractivity contribution in [2.75, 3.05) is 4.90 Å². The number of ether oxygens (including phenoxy) is 1. The first kappa shape index (κ1) is 31.4. The van der Waals surface area contributed by atoms with Crippen LogP contribution in [0.25, 0.3) is 22.2 Å². The molecule has 0 radical (unpaired) electrons. The number of fused-ring (bicyclic) bond motifs is 1. The third kappa shape index (κ3) is 6.69. The number of anilines is 3. The van der Waals surface area contributed by atoms with E-state index in [2.05, 4.69) is 16.0 Å². The lowest BCUT2D eigenvalue weighted by Crippen LogP contribution is -2.16. The predicted octanol–water partition coefficient (Wildman–Crippen LogP) is 9.70. The summed E-state index contributed by atoms with van der Waals surface area (Å²) in [5, 5.41) is 10.3. The largest absolute Gasteiger partial charge is 0.418 e. The molecule has 4 aromatic carbocycles. The number of benzene rings is 4. The van der Waals surface area contributed by atoms with Gasteiger partial charge in [-0.15, -0.1) is 0 Å². The number of para-hydroxylation sites is 1. The molecule has 0 saturated heterocycles. The van der Waals surface area contributed by atoms with Gasteiger partial charge in [-0.3, -0.25) is 9.88 Å². The van der Waals surface area contributed by atoms with Crippen LogP contribution in [0.3, 0.4) is 0 Å². The lowest BCUT2D eigenvalue weighted by Gasteiger charge is -2.28. The molecule has 2 heterocycles. The summed E-state index contributed by atoms with van der Waals surface area (Å²) in [4.78, 5) is 15.2. The number of rotatable bonds is 9. The van der Waals surface area contributed by atoms with E-state index in [1.165, 1.54) is 18.6 Å². The predicted molar refractivity (Wildman–Crippen MR) is 176 cm³/mol. The highest BCUT2D eigenvalue weighted by Gasteiger charge is 2.34. The zero-order valence-electron chi connectivity index (χ0n) is 25.7. The minimum Gasteiger partial charge on any atom is -0.372 e. The van der Waals surface area contributed by atoms with E-state index in [9.17, 15) is 18.4 Å². The summed E-state index contributed by atoms with van der Waals surface area (Å²) in [6.45, 7) is 4.47. The maximum Gasteiger partial charge on any atom is 0.418 e. The fourth-order valence-corrected chi connectivity index (χ4v) is 5.40. The third-order valence-corrected chi connectivity index (χ3v) is 7.94. The van der Waals surface area contributed by atoms with Crippen LogP contribution in [0.2, 0.25) is 0 Å². The van der Waals surface area contributed by atoms with Crippen LogP contribution in [-0.4, -0.2) is 15.0 Å². The zero-order chi connectivity index (χ0) is 33.0. The van der Waals surface area contributed by atoms with E-state index in [4.69, 9.17) is 9.72 Å². The molecule has 6 rings (SSSR count). The quantitative estimate of drug-likeness (QED) is 0.159. The molecule has 6 aromatic rings. The summed E-state index contributed by atoms with van der Waals surface area (Å²) in [5.74, 6) is 0.529. The normalized spacial score (nSPS) is 11.7. The first-order valence-electron chi connectivity index (χ1n) is 14.9. The summed E-state index contributed by atoms with van der Waals surface area (Å²) in [6, 6.07) is 35.0. The number of hydrogen-bond acceptors (Lipinski definition) is 6. The van der Waals surface area contributed by atoms with Gasteiger partial charge in [-0.05, 0) is 67.4 Å². The molecule has 0 aliphatic heterocycles. The molecule has 0 saturated carbocycles. The van der Waals surface area contributed by atoms with Crippen LogP contribution < -0.4 is 4.90 Å². The molecule has 0 bridgehead atoms. The Balaban J connectivity index is 1.46. The SMILES string of the molecule is CC(C)(C#N)c1ccc(N(c2ccccc2COCc2ccccc2)c2ncnc3cc(-c4ncccc4C(F)(F)F)ccc23)cc1. The van der Waals surface area contributed by atoms with Crippen molar-refractivity contribution in [1.29, 1.82) is 5.26 Å². The molecule has 9 heteroatoms.